The first-order valence-corrected chi connectivity index (χ1v) is 10.2. The zero-order chi connectivity index (χ0) is 20.9. The summed E-state index contributed by atoms with van der Waals surface area (Å²) in [5, 5.41) is 7.86. The van der Waals surface area contributed by atoms with E-state index in [-0.39, 0.29) is 33.2 Å². The third-order valence-electron chi connectivity index (χ3n) is 4.86. The first-order valence-electron chi connectivity index (χ1n) is 8.70. The van der Waals surface area contributed by atoms with E-state index in [2.05, 4.69) is 10.3 Å². The van der Waals surface area contributed by atoms with E-state index in [9.17, 15) is 18.0 Å². The monoisotopic (exact) mass is 405 g/mol. The van der Waals surface area contributed by atoms with Crippen molar-refractivity contribution in [3.63, 3.8) is 0 Å². The maximum Gasteiger partial charge on any atom is 0.272 e. The van der Waals surface area contributed by atoms with Gasteiger partial charge in [-0.3, -0.25) is 9.59 Å². The molecule has 0 saturated heterocycles. The Labute approximate surface area is 163 Å². The van der Waals surface area contributed by atoms with Gasteiger partial charge in [0.25, 0.3) is 5.91 Å². The molecule has 9 heteroatoms. The van der Waals surface area contributed by atoms with Gasteiger partial charge in [-0.05, 0) is 42.5 Å². The van der Waals surface area contributed by atoms with Crippen LogP contribution in [0.1, 0.15) is 52.4 Å². The number of hydrogen-bond acceptors (Lipinski definition) is 5. The van der Waals surface area contributed by atoms with Crippen LogP contribution in [0.5, 0.6) is 5.75 Å². The molecule has 0 aliphatic heterocycles. The van der Waals surface area contributed by atoms with Crippen LogP contribution < -0.4 is 15.2 Å². The predicted molar refractivity (Wildman–Crippen MR) is 104 cm³/mol. The van der Waals surface area contributed by atoms with E-state index in [0.29, 0.717) is 24.0 Å². The van der Waals surface area contributed by atoms with Crippen molar-refractivity contribution < 1.29 is 22.7 Å². The second kappa shape index (κ2) is 6.75. The van der Waals surface area contributed by atoms with Crippen LogP contribution in [-0.4, -0.2) is 32.2 Å². The van der Waals surface area contributed by atoms with E-state index in [0.717, 1.165) is 5.69 Å². The first kappa shape index (κ1) is 20.1. The number of methoxy groups -OCH3 is 1. The first-order chi connectivity index (χ1) is 12.9. The number of benzene rings is 1. The Morgan fingerprint density at radius 2 is 1.96 bits per heavy atom. The summed E-state index contributed by atoms with van der Waals surface area (Å²) in [4.78, 5) is 28.1. The summed E-state index contributed by atoms with van der Waals surface area (Å²) < 4.78 is 28.5. The van der Waals surface area contributed by atoms with Gasteiger partial charge in [-0.15, -0.1) is 0 Å². The van der Waals surface area contributed by atoms with Gasteiger partial charge in [-0.2, -0.15) is 0 Å². The second-order valence-electron chi connectivity index (χ2n) is 7.78. The van der Waals surface area contributed by atoms with Crippen LogP contribution in [0.4, 0.5) is 5.69 Å². The molecular formula is C19H23N3O5S. The van der Waals surface area contributed by atoms with Crippen LogP contribution >= 0.6 is 0 Å². The molecule has 0 unspecified atom stereocenters. The molecule has 0 atom stereocenters. The van der Waals surface area contributed by atoms with Crippen molar-refractivity contribution in [1.82, 2.24) is 4.98 Å². The van der Waals surface area contributed by atoms with E-state index >= 15 is 0 Å². The SMILES string of the molecule is COc1ccc(NC(=O)c2[nH]c3c(c2C)C(=O)CC(C)(C)C3)cc1S(N)(=O)=O. The van der Waals surface area contributed by atoms with Crippen LogP contribution in [-0.2, 0) is 16.4 Å². The summed E-state index contributed by atoms with van der Waals surface area (Å²) in [6.45, 7) is 5.75. The number of Topliss-reactive ketones (excluding diaryl/α,β-unsaturated/α-hetero) is 1. The predicted octanol–water partition coefficient (Wildman–Crippen LogP) is 2.39. The zero-order valence-electron chi connectivity index (χ0n) is 16.2. The number of sulfonamides is 1. The van der Waals surface area contributed by atoms with Crippen LogP contribution in [0.2, 0.25) is 0 Å². The smallest absolute Gasteiger partial charge is 0.272 e. The molecule has 0 fully saturated rings. The number of aromatic amines is 1. The number of carbonyl (C=O) groups is 2. The molecule has 1 aliphatic rings. The Kier molecular flexibility index (Phi) is 4.84. The lowest BCUT2D eigenvalue weighted by molar-refractivity contribution is 0.0910. The number of rotatable bonds is 4. The van der Waals surface area contributed by atoms with Crippen LogP contribution in [0.15, 0.2) is 23.1 Å². The number of carbonyl (C=O) groups excluding carboxylic acids is 2. The summed E-state index contributed by atoms with van der Waals surface area (Å²) in [7, 11) is -2.70. The fourth-order valence-corrected chi connectivity index (χ4v) is 4.35. The number of nitrogens with two attached hydrogens (primary N) is 1. The van der Waals surface area contributed by atoms with Gasteiger partial charge in [0.1, 0.15) is 16.3 Å². The molecule has 0 saturated carbocycles. The van der Waals surface area contributed by atoms with Crippen molar-refractivity contribution in [3.8, 4) is 5.75 Å². The zero-order valence-corrected chi connectivity index (χ0v) is 17.0. The third kappa shape index (κ3) is 3.67. The van der Waals surface area contributed by atoms with Gasteiger partial charge >= 0.3 is 0 Å². The van der Waals surface area contributed by atoms with Crippen molar-refractivity contribution in [3.05, 3.63) is 40.7 Å². The summed E-state index contributed by atoms with van der Waals surface area (Å²) >= 11 is 0. The number of fused-ring (bicyclic) bond motifs is 1. The van der Waals surface area contributed by atoms with Gasteiger partial charge < -0.3 is 15.0 Å². The van der Waals surface area contributed by atoms with E-state index in [4.69, 9.17) is 9.88 Å². The molecule has 8 nitrogen and oxygen atoms in total. The molecule has 0 radical (unpaired) electrons. The number of anilines is 1. The maximum absolute atomic E-state index is 12.8. The minimum atomic E-state index is -4.03. The van der Waals surface area contributed by atoms with Crippen LogP contribution in [0.3, 0.4) is 0 Å². The molecule has 1 amide bonds. The molecule has 3 rings (SSSR count). The lowest BCUT2D eigenvalue weighted by atomic mass is 9.75. The minimum absolute atomic E-state index is 0.0139. The molecule has 1 aromatic heterocycles. The van der Waals surface area contributed by atoms with Crippen molar-refractivity contribution in [2.75, 3.05) is 12.4 Å². The Morgan fingerprint density at radius 3 is 2.57 bits per heavy atom. The lowest BCUT2D eigenvalue weighted by Crippen LogP contribution is -2.26. The topological polar surface area (TPSA) is 131 Å². The molecule has 4 N–H and O–H groups in total. The average molecular weight is 405 g/mol. The van der Waals surface area contributed by atoms with Crippen LogP contribution in [0, 0.1) is 12.3 Å². The maximum atomic E-state index is 12.8. The summed E-state index contributed by atoms with van der Waals surface area (Å²) in [5.74, 6) is -0.372. The van der Waals surface area contributed by atoms with E-state index in [1.54, 1.807) is 6.92 Å². The van der Waals surface area contributed by atoms with Crippen molar-refractivity contribution in [1.29, 1.82) is 0 Å². The van der Waals surface area contributed by atoms with Crippen LogP contribution in [0.25, 0.3) is 0 Å². The normalized spacial score (nSPS) is 15.8. The van der Waals surface area contributed by atoms with Gasteiger partial charge in [0.2, 0.25) is 10.0 Å². The standard InChI is InChI=1S/C19H23N3O5S/c1-10-16-12(8-19(2,3)9-13(16)23)22-17(10)18(24)21-11-5-6-14(27-4)15(7-11)28(20,25)26/h5-7,22H,8-9H2,1-4H3,(H,21,24)(H2,20,25,26). The molecule has 1 aliphatic carbocycles. The average Bonchev–Trinajstić information content (AvgIpc) is 2.89. The molecule has 2 aromatic rings. The second-order valence-corrected chi connectivity index (χ2v) is 9.31. The Balaban J connectivity index is 1.94. The van der Waals surface area contributed by atoms with Crippen molar-refractivity contribution in [2.24, 2.45) is 10.6 Å². The molecule has 1 heterocycles. The molecule has 1 aromatic carbocycles. The van der Waals surface area contributed by atoms with Gasteiger partial charge in [0, 0.05) is 23.4 Å². The number of H-pyrrole nitrogens is 1. The number of primary sulfonamides is 1. The minimum Gasteiger partial charge on any atom is -0.495 e. The number of hydrogen-bond donors (Lipinski definition) is 3. The Bertz CT molecular complexity index is 1080. The third-order valence-corrected chi connectivity index (χ3v) is 5.79. The largest absolute Gasteiger partial charge is 0.495 e. The Morgan fingerprint density at radius 1 is 1.29 bits per heavy atom. The van der Waals surface area contributed by atoms with E-state index in [1.165, 1.54) is 25.3 Å². The van der Waals surface area contributed by atoms with E-state index < -0.39 is 15.9 Å². The highest BCUT2D eigenvalue weighted by atomic mass is 32.2. The highest BCUT2D eigenvalue weighted by molar-refractivity contribution is 7.89. The Hall–Kier alpha value is -2.65. The quantitative estimate of drug-likeness (QED) is 0.719. The fourth-order valence-electron chi connectivity index (χ4n) is 3.63. The molecule has 0 spiro atoms. The highest BCUT2D eigenvalue weighted by Gasteiger charge is 2.35. The van der Waals surface area contributed by atoms with Crippen molar-refractivity contribution in [2.45, 2.75) is 38.5 Å². The number of ketones is 1. The van der Waals surface area contributed by atoms with Gasteiger partial charge in [-0.1, -0.05) is 13.8 Å². The molecule has 28 heavy (non-hydrogen) atoms. The summed E-state index contributed by atoms with van der Waals surface area (Å²) in [6.07, 6.45) is 1.09. The number of ether oxygens (including phenoxy) is 1. The number of aromatic nitrogens is 1. The molecule has 150 valence electrons. The molecule has 0 bridgehead atoms. The highest BCUT2D eigenvalue weighted by Crippen LogP contribution is 2.37. The lowest BCUT2D eigenvalue weighted by Gasteiger charge is -2.28. The summed E-state index contributed by atoms with van der Waals surface area (Å²) in [6, 6.07) is 4.16. The number of amides is 1. The number of nitrogens with one attached hydrogen (secondary N) is 2. The fraction of sp³-hybridized carbons (Fsp3) is 0.368. The molecular weight excluding hydrogens is 382 g/mol. The van der Waals surface area contributed by atoms with Crippen molar-refractivity contribution >= 4 is 27.4 Å². The van der Waals surface area contributed by atoms with Gasteiger partial charge in [0.05, 0.1) is 7.11 Å². The van der Waals surface area contributed by atoms with Gasteiger partial charge in [-0.25, -0.2) is 13.6 Å². The van der Waals surface area contributed by atoms with Gasteiger partial charge in [0.15, 0.2) is 5.78 Å². The van der Waals surface area contributed by atoms with E-state index in [1.807, 2.05) is 13.8 Å². The summed E-state index contributed by atoms with van der Waals surface area (Å²) in [5.41, 5.74) is 2.27.